The lowest BCUT2D eigenvalue weighted by Gasteiger charge is -2.08. The van der Waals surface area contributed by atoms with Gasteiger partial charge in [0.05, 0.1) is 15.5 Å². The highest BCUT2D eigenvalue weighted by atomic mass is 32.2. The Hall–Kier alpha value is -2.52. The average molecular weight is 468 g/mol. The van der Waals surface area contributed by atoms with E-state index in [4.69, 9.17) is 9.78 Å². The van der Waals surface area contributed by atoms with E-state index in [1.54, 1.807) is 6.07 Å². The number of aromatic nitrogens is 1. The standard InChI is InChI=1S/C22H20F3NO3S2/c1-4-5-19(27)29-28-18-11-10-17(12-13(18)2)30-21-14(3)26-20(31-21)15-6-8-16(9-7-15)22(23,24)25/h6-12H,4-5H2,1-3H3. The van der Waals surface area contributed by atoms with Gasteiger partial charge in [-0.15, -0.1) is 11.3 Å². The van der Waals surface area contributed by atoms with Crippen molar-refractivity contribution in [2.75, 3.05) is 0 Å². The van der Waals surface area contributed by atoms with Crippen molar-refractivity contribution < 1.29 is 27.7 Å². The van der Waals surface area contributed by atoms with E-state index in [1.807, 2.05) is 32.9 Å². The van der Waals surface area contributed by atoms with Gasteiger partial charge in [0.1, 0.15) is 5.01 Å². The van der Waals surface area contributed by atoms with Crippen LogP contribution in [0, 0.1) is 13.8 Å². The summed E-state index contributed by atoms with van der Waals surface area (Å²) in [4.78, 5) is 26.8. The molecule has 164 valence electrons. The molecule has 2 aromatic carbocycles. The Morgan fingerprint density at radius 1 is 1.13 bits per heavy atom. The number of carbonyl (C=O) groups excluding carboxylic acids is 1. The molecule has 3 aromatic rings. The normalized spacial score (nSPS) is 11.4. The molecule has 31 heavy (non-hydrogen) atoms. The second-order valence-corrected chi connectivity index (χ2v) is 9.13. The summed E-state index contributed by atoms with van der Waals surface area (Å²) in [5.74, 6) is 0.0386. The molecule has 0 aliphatic carbocycles. The van der Waals surface area contributed by atoms with Crippen LogP contribution in [0.25, 0.3) is 10.6 Å². The second-order valence-electron chi connectivity index (χ2n) is 6.79. The van der Waals surface area contributed by atoms with Crippen LogP contribution in [-0.4, -0.2) is 11.0 Å². The van der Waals surface area contributed by atoms with Gasteiger partial charge in [0, 0.05) is 16.9 Å². The third-order valence-corrected chi connectivity index (χ3v) is 6.72. The van der Waals surface area contributed by atoms with Crippen molar-refractivity contribution in [1.82, 2.24) is 4.98 Å². The van der Waals surface area contributed by atoms with Gasteiger partial charge in [0.25, 0.3) is 0 Å². The van der Waals surface area contributed by atoms with Gasteiger partial charge in [0.15, 0.2) is 5.75 Å². The number of alkyl halides is 3. The molecule has 1 aromatic heterocycles. The molecule has 0 radical (unpaired) electrons. The molecule has 0 aliphatic rings. The highest BCUT2D eigenvalue weighted by Crippen LogP contribution is 2.40. The van der Waals surface area contributed by atoms with Crippen LogP contribution in [0.15, 0.2) is 51.6 Å². The minimum absolute atomic E-state index is 0.291. The fraction of sp³-hybridized carbons (Fsp3) is 0.273. The molecule has 9 heteroatoms. The quantitative estimate of drug-likeness (QED) is 0.271. The van der Waals surface area contributed by atoms with Crippen molar-refractivity contribution in [3.8, 4) is 16.3 Å². The first-order valence-corrected chi connectivity index (χ1v) is 11.1. The molecule has 0 saturated heterocycles. The zero-order valence-electron chi connectivity index (χ0n) is 17.1. The number of carbonyl (C=O) groups is 1. The lowest BCUT2D eigenvalue weighted by Crippen LogP contribution is -2.07. The van der Waals surface area contributed by atoms with Gasteiger partial charge in [-0.3, -0.25) is 9.78 Å². The van der Waals surface area contributed by atoms with Crippen molar-refractivity contribution in [2.24, 2.45) is 0 Å². The first kappa shape index (κ1) is 23.1. The van der Waals surface area contributed by atoms with Crippen LogP contribution in [-0.2, 0) is 15.9 Å². The molecule has 1 heterocycles. The summed E-state index contributed by atoms with van der Waals surface area (Å²) in [6, 6.07) is 10.5. The SMILES string of the molecule is CCCC(=O)OOc1ccc(Sc2sc(-c3ccc(C(F)(F)F)cc3)nc2C)cc1C. The molecular weight excluding hydrogens is 447 g/mol. The van der Waals surface area contributed by atoms with Gasteiger partial charge in [-0.05, 0) is 56.2 Å². The van der Waals surface area contributed by atoms with E-state index >= 15 is 0 Å². The molecule has 0 fully saturated rings. The van der Waals surface area contributed by atoms with E-state index in [0.29, 0.717) is 29.2 Å². The van der Waals surface area contributed by atoms with E-state index < -0.39 is 17.7 Å². The molecular formula is C22H20F3NO3S2. The summed E-state index contributed by atoms with van der Waals surface area (Å²) in [7, 11) is 0. The maximum absolute atomic E-state index is 12.8. The Labute approximate surface area is 186 Å². The van der Waals surface area contributed by atoms with Crippen LogP contribution in [0.4, 0.5) is 13.2 Å². The molecule has 0 spiro atoms. The molecule has 0 unspecified atom stereocenters. The number of aryl methyl sites for hydroxylation is 2. The number of halogens is 3. The van der Waals surface area contributed by atoms with E-state index in [1.165, 1.54) is 35.2 Å². The highest BCUT2D eigenvalue weighted by Gasteiger charge is 2.30. The molecule has 0 aliphatic heterocycles. The smallest absolute Gasteiger partial charge is 0.287 e. The number of hydrogen-bond donors (Lipinski definition) is 0. The molecule has 0 saturated carbocycles. The van der Waals surface area contributed by atoms with E-state index in [0.717, 1.165) is 32.5 Å². The minimum atomic E-state index is -4.36. The van der Waals surface area contributed by atoms with E-state index in [9.17, 15) is 18.0 Å². The molecule has 0 amide bonds. The third-order valence-electron chi connectivity index (χ3n) is 4.25. The van der Waals surface area contributed by atoms with Gasteiger partial charge < -0.3 is 0 Å². The predicted octanol–water partition coefficient (Wildman–Crippen LogP) is 7.23. The van der Waals surface area contributed by atoms with Crippen LogP contribution >= 0.6 is 23.1 Å². The summed E-state index contributed by atoms with van der Waals surface area (Å²) in [5, 5.41) is 0.660. The number of hydrogen-bond acceptors (Lipinski definition) is 6. The molecule has 0 N–H and O–H groups in total. The topological polar surface area (TPSA) is 48.4 Å². The molecule has 0 atom stereocenters. The van der Waals surface area contributed by atoms with Crippen molar-refractivity contribution >= 4 is 29.1 Å². The monoisotopic (exact) mass is 467 g/mol. The predicted molar refractivity (Wildman–Crippen MR) is 114 cm³/mol. The lowest BCUT2D eigenvalue weighted by atomic mass is 10.1. The van der Waals surface area contributed by atoms with Crippen LogP contribution in [0.2, 0.25) is 0 Å². The molecule has 4 nitrogen and oxygen atoms in total. The Kier molecular flexibility index (Phi) is 7.27. The Balaban J connectivity index is 1.71. The van der Waals surface area contributed by atoms with Crippen molar-refractivity contribution in [3.63, 3.8) is 0 Å². The zero-order valence-corrected chi connectivity index (χ0v) is 18.7. The maximum atomic E-state index is 12.8. The number of nitrogens with zero attached hydrogens (tertiary/aromatic N) is 1. The Morgan fingerprint density at radius 3 is 2.45 bits per heavy atom. The van der Waals surface area contributed by atoms with Gasteiger partial charge >= 0.3 is 12.1 Å². The largest absolute Gasteiger partial charge is 0.416 e. The highest BCUT2D eigenvalue weighted by molar-refractivity contribution is 8.01. The molecule has 3 rings (SSSR count). The van der Waals surface area contributed by atoms with Crippen LogP contribution in [0.3, 0.4) is 0 Å². The maximum Gasteiger partial charge on any atom is 0.416 e. The summed E-state index contributed by atoms with van der Waals surface area (Å²) >= 11 is 2.93. The zero-order chi connectivity index (χ0) is 22.6. The summed E-state index contributed by atoms with van der Waals surface area (Å²) in [5.41, 5.74) is 1.56. The van der Waals surface area contributed by atoms with Gasteiger partial charge in [-0.25, -0.2) is 9.78 Å². The van der Waals surface area contributed by atoms with Crippen molar-refractivity contribution in [3.05, 3.63) is 59.3 Å². The van der Waals surface area contributed by atoms with Crippen molar-refractivity contribution in [1.29, 1.82) is 0 Å². The van der Waals surface area contributed by atoms with Gasteiger partial charge in [-0.2, -0.15) is 13.2 Å². The third kappa shape index (κ3) is 6.01. The fourth-order valence-electron chi connectivity index (χ4n) is 2.63. The number of thiazole rings is 1. The summed E-state index contributed by atoms with van der Waals surface area (Å²) < 4.78 is 39.2. The number of rotatable bonds is 7. The Bertz CT molecular complexity index is 1060. The fourth-order valence-corrected chi connectivity index (χ4v) is 4.90. The van der Waals surface area contributed by atoms with Crippen molar-refractivity contribution in [2.45, 2.75) is 48.9 Å². The van der Waals surface area contributed by atoms with Crippen LogP contribution < -0.4 is 4.89 Å². The first-order valence-electron chi connectivity index (χ1n) is 9.48. The minimum Gasteiger partial charge on any atom is -0.287 e. The lowest BCUT2D eigenvalue weighted by molar-refractivity contribution is -0.214. The first-order chi connectivity index (χ1) is 14.7. The van der Waals surface area contributed by atoms with E-state index in [2.05, 4.69) is 4.98 Å². The van der Waals surface area contributed by atoms with Gasteiger partial charge in [-0.1, -0.05) is 30.8 Å². The van der Waals surface area contributed by atoms with E-state index in [-0.39, 0.29) is 0 Å². The second kappa shape index (κ2) is 9.74. The average Bonchev–Trinajstić information content (AvgIpc) is 3.07. The number of benzene rings is 2. The summed E-state index contributed by atoms with van der Waals surface area (Å²) in [6.07, 6.45) is -3.39. The van der Waals surface area contributed by atoms with Crippen LogP contribution in [0.5, 0.6) is 5.75 Å². The molecule has 0 bridgehead atoms. The van der Waals surface area contributed by atoms with Gasteiger partial charge in [0.2, 0.25) is 0 Å². The summed E-state index contributed by atoms with van der Waals surface area (Å²) in [6.45, 7) is 5.59. The van der Waals surface area contributed by atoms with Crippen LogP contribution in [0.1, 0.15) is 36.6 Å². The Morgan fingerprint density at radius 2 is 1.84 bits per heavy atom.